The van der Waals surface area contributed by atoms with Gasteiger partial charge in [-0.3, -0.25) is 9.78 Å². The maximum atomic E-state index is 12.5. The first-order valence-electron chi connectivity index (χ1n) is 9.20. The molecule has 0 saturated heterocycles. The van der Waals surface area contributed by atoms with Crippen LogP contribution in [-0.4, -0.2) is 33.0 Å². The summed E-state index contributed by atoms with van der Waals surface area (Å²) in [5.74, 6) is 1.54. The molecule has 0 aliphatic heterocycles. The molecule has 0 radical (unpaired) electrons. The van der Waals surface area contributed by atoms with Gasteiger partial charge < -0.3 is 14.8 Å². The zero-order chi connectivity index (χ0) is 20.4. The third-order valence-electron chi connectivity index (χ3n) is 4.23. The van der Waals surface area contributed by atoms with Crippen molar-refractivity contribution in [1.29, 1.82) is 0 Å². The van der Waals surface area contributed by atoms with E-state index in [1.807, 2.05) is 56.3 Å². The van der Waals surface area contributed by atoms with Crippen molar-refractivity contribution in [2.45, 2.75) is 20.0 Å². The lowest BCUT2D eigenvalue weighted by molar-refractivity contribution is 0.230. The minimum Gasteiger partial charge on any atom is -0.493 e. The lowest BCUT2D eigenvalue weighted by Gasteiger charge is -2.15. The van der Waals surface area contributed by atoms with Gasteiger partial charge in [0, 0.05) is 11.8 Å². The lowest BCUT2D eigenvalue weighted by atomic mass is 10.2. The van der Waals surface area contributed by atoms with Crippen LogP contribution in [-0.2, 0) is 0 Å². The molecule has 0 saturated carbocycles. The molecule has 2 heterocycles. The highest BCUT2D eigenvalue weighted by Crippen LogP contribution is 2.31. The zero-order valence-corrected chi connectivity index (χ0v) is 16.3. The van der Waals surface area contributed by atoms with Gasteiger partial charge in [-0.1, -0.05) is 18.2 Å². The fraction of sp³-hybridized carbons (Fsp3) is 0.190. The van der Waals surface area contributed by atoms with E-state index in [1.165, 1.54) is 6.20 Å². The van der Waals surface area contributed by atoms with Crippen molar-refractivity contribution in [3.63, 3.8) is 0 Å². The first kappa shape index (κ1) is 18.5. The number of nitrogens with one attached hydrogen (secondary N) is 2. The number of aromatic nitrogens is 4. The number of ether oxygens (including phenoxy) is 2. The first-order chi connectivity index (χ1) is 14.0. The fourth-order valence-corrected chi connectivity index (χ4v) is 2.97. The van der Waals surface area contributed by atoms with Gasteiger partial charge in [-0.05, 0) is 38.1 Å². The third kappa shape index (κ3) is 3.77. The van der Waals surface area contributed by atoms with Crippen LogP contribution in [0.25, 0.3) is 16.7 Å². The van der Waals surface area contributed by atoms with Gasteiger partial charge in [-0.15, -0.1) is 0 Å². The molecule has 29 heavy (non-hydrogen) atoms. The van der Waals surface area contributed by atoms with Crippen LogP contribution in [0.4, 0.5) is 11.6 Å². The van der Waals surface area contributed by atoms with E-state index < -0.39 is 0 Å². The van der Waals surface area contributed by atoms with Crippen LogP contribution < -0.4 is 20.3 Å². The quantitative estimate of drug-likeness (QED) is 0.521. The molecule has 2 aromatic carbocycles. The molecule has 0 spiro atoms. The topological polar surface area (TPSA) is 94.1 Å². The van der Waals surface area contributed by atoms with E-state index in [4.69, 9.17) is 9.47 Å². The highest BCUT2D eigenvalue weighted by atomic mass is 16.5. The van der Waals surface area contributed by atoms with Gasteiger partial charge >= 0.3 is 0 Å². The number of methoxy groups -OCH3 is 1. The molecule has 0 atom stereocenters. The van der Waals surface area contributed by atoms with E-state index >= 15 is 0 Å². The Kier molecular flexibility index (Phi) is 4.90. The summed E-state index contributed by atoms with van der Waals surface area (Å²) in [6, 6.07) is 15.0. The molecule has 0 fully saturated rings. The Balaban J connectivity index is 1.71. The van der Waals surface area contributed by atoms with E-state index in [1.54, 1.807) is 17.9 Å². The SMILES string of the molecule is COc1cc(Nc2nc3c(cnn3-c3ccccc3)c(=O)[nH]2)ccc1OC(C)C. The van der Waals surface area contributed by atoms with Crippen molar-refractivity contribution < 1.29 is 9.47 Å². The van der Waals surface area contributed by atoms with Crippen molar-refractivity contribution in [3.05, 3.63) is 65.1 Å². The summed E-state index contributed by atoms with van der Waals surface area (Å²) >= 11 is 0. The molecule has 2 N–H and O–H groups in total. The fourth-order valence-electron chi connectivity index (χ4n) is 2.97. The lowest BCUT2D eigenvalue weighted by Crippen LogP contribution is -2.12. The van der Waals surface area contributed by atoms with E-state index in [-0.39, 0.29) is 11.7 Å². The molecule has 8 heteroatoms. The minimum absolute atomic E-state index is 0.0291. The molecular formula is C21H21N5O3. The summed E-state index contributed by atoms with van der Waals surface area (Å²) in [5, 5.41) is 7.84. The van der Waals surface area contributed by atoms with Crippen LogP contribution in [0.15, 0.2) is 59.5 Å². The molecule has 0 aliphatic carbocycles. The van der Waals surface area contributed by atoms with Gasteiger partial charge in [0.2, 0.25) is 5.95 Å². The van der Waals surface area contributed by atoms with Crippen molar-refractivity contribution in [3.8, 4) is 17.2 Å². The number of H-pyrrole nitrogens is 1. The highest BCUT2D eigenvalue weighted by molar-refractivity contribution is 5.77. The standard InChI is InChI=1S/C21H21N5O3/c1-13(2)29-17-10-9-14(11-18(17)28-3)23-21-24-19-16(20(27)25-21)12-22-26(19)15-7-5-4-6-8-15/h4-13H,1-3H3,(H2,23,24,25,27). The summed E-state index contributed by atoms with van der Waals surface area (Å²) in [5.41, 5.74) is 1.72. The number of anilines is 2. The number of hydrogen-bond donors (Lipinski definition) is 2. The van der Waals surface area contributed by atoms with Crippen LogP contribution in [0, 0.1) is 0 Å². The second kappa shape index (κ2) is 7.67. The summed E-state index contributed by atoms with van der Waals surface area (Å²) in [6.45, 7) is 3.90. The molecule has 0 aliphatic rings. The number of nitrogens with zero attached hydrogens (tertiary/aromatic N) is 3. The minimum atomic E-state index is -0.272. The molecule has 148 valence electrons. The van der Waals surface area contributed by atoms with Crippen molar-refractivity contribution in [1.82, 2.24) is 19.7 Å². The Morgan fingerprint density at radius 1 is 1.10 bits per heavy atom. The second-order valence-corrected chi connectivity index (χ2v) is 6.70. The summed E-state index contributed by atoms with van der Waals surface area (Å²) in [4.78, 5) is 19.8. The average molecular weight is 391 g/mol. The summed E-state index contributed by atoms with van der Waals surface area (Å²) < 4.78 is 12.8. The number of hydrogen-bond acceptors (Lipinski definition) is 6. The smallest absolute Gasteiger partial charge is 0.263 e. The normalized spacial score (nSPS) is 11.0. The Morgan fingerprint density at radius 3 is 2.62 bits per heavy atom. The van der Waals surface area contributed by atoms with Crippen LogP contribution >= 0.6 is 0 Å². The van der Waals surface area contributed by atoms with Crippen molar-refractivity contribution in [2.75, 3.05) is 12.4 Å². The van der Waals surface area contributed by atoms with E-state index in [2.05, 4.69) is 20.4 Å². The predicted octanol–water partition coefficient (Wildman–Crippen LogP) is 3.65. The molecule has 8 nitrogen and oxygen atoms in total. The van der Waals surface area contributed by atoms with Gasteiger partial charge in [0.15, 0.2) is 17.1 Å². The third-order valence-corrected chi connectivity index (χ3v) is 4.23. The maximum absolute atomic E-state index is 12.5. The Bertz CT molecular complexity index is 1200. The van der Waals surface area contributed by atoms with Crippen LogP contribution in [0.5, 0.6) is 11.5 Å². The van der Waals surface area contributed by atoms with Crippen LogP contribution in [0.2, 0.25) is 0 Å². The molecule has 0 bridgehead atoms. The van der Waals surface area contributed by atoms with Gasteiger partial charge in [0.05, 0.1) is 25.1 Å². The summed E-state index contributed by atoms with van der Waals surface area (Å²) in [7, 11) is 1.58. The largest absolute Gasteiger partial charge is 0.493 e. The molecule has 0 unspecified atom stereocenters. The van der Waals surface area contributed by atoms with Gasteiger partial charge in [0.25, 0.3) is 5.56 Å². The van der Waals surface area contributed by atoms with Crippen LogP contribution in [0.3, 0.4) is 0 Å². The van der Waals surface area contributed by atoms with Crippen molar-refractivity contribution >= 4 is 22.7 Å². The van der Waals surface area contributed by atoms with E-state index in [0.29, 0.717) is 34.2 Å². The number of benzene rings is 2. The number of aromatic amines is 1. The van der Waals surface area contributed by atoms with E-state index in [0.717, 1.165) is 5.69 Å². The van der Waals surface area contributed by atoms with Crippen LogP contribution in [0.1, 0.15) is 13.8 Å². The van der Waals surface area contributed by atoms with Gasteiger partial charge in [-0.2, -0.15) is 10.1 Å². The molecular weight excluding hydrogens is 370 g/mol. The molecule has 4 aromatic rings. The number of rotatable bonds is 6. The Hall–Kier alpha value is -3.81. The van der Waals surface area contributed by atoms with E-state index in [9.17, 15) is 4.79 Å². The van der Waals surface area contributed by atoms with Gasteiger partial charge in [0.1, 0.15) is 5.39 Å². The second-order valence-electron chi connectivity index (χ2n) is 6.70. The number of fused-ring (bicyclic) bond motifs is 1. The predicted molar refractivity (Wildman–Crippen MR) is 112 cm³/mol. The Labute approximate surface area is 167 Å². The van der Waals surface area contributed by atoms with Crippen molar-refractivity contribution in [2.24, 2.45) is 0 Å². The first-order valence-corrected chi connectivity index (χ1v) is 9.20. The highest BCUT2D eigenvalue weighted by Gasteiger charge is 2.13. The Morgan fingerprint density at radius 2 is 1.90 bits per heavy atom. The van der Waals surface area contributed by atoms with Gasteiger partial charge in [-0.25, -0.2) is 4.68 Å². The monoisotopic (exact) mass is 391 g/mol. The average Bonchev–Trinajstić information content (AvgIpc) is 3.14. The maximum Gasteiger partial charge on any atom is 0.263 e. The molecule has 2 aromatic heterocycles. The summed E-state index contributed by atoms with van der Waals surface area (Å²) in [6.07, 6.45) is 1.54. The molecule has 4 rings (SSSR count). The number of para-hydroxylation sites is 1. The molecule has 0 amide bonds. The zero-order valence-electron chi connectivity index (χ0n) is 16.3.